The van der Waals surface area contributed by atoms with Crippen molar-refractivity contribution in [3.8, 4) is 0 Å². The second kappa shape index (κ2) is 3.98. The second-order valence-corrected chi connectivity index (χ2v) is 3.17. The van der Waals surface area contributed by atoms with Crippen LogP contribution in [0.1, 0.15) is 31.2 Å². The fourth-order valence-electron chi connectivity index (χ4n) is 0.929. The van der Waals surface area contributed by atoms with Crippen molar-refractivity contribution in [2.75, 3.05) is 0 Å². The molecule has 0 aromatic carbocycles. The van der Waals surface area contributed by atoms with E-state index in [0.29, 0.717) is 5.56 Å². The van der Waals surface area contributed by atoms with Gasteiger partial charge in [-0.3, -0.25) is 4.79 Å². The monoisotopic (exact) mass is 180 g/mol. The topological polar surface area (TPSA) is 63.1 Å². The Hall–Kier alpha value is -1.45. The molecule has 70 valence electrons. The maximum absolute atomic E-state index is 10.3. The number of rotatable bonds is 3. The number of hydrogen-bond donors (Lipinski definition) is 1. The van der Waals surface area contributed by atoms with Gasteiger partial charge in [0.2, 0.25) is 0 Å². The van der Waals surface area contributed by atoms with Crippen LogP contribution in [0.25, 0.3) is 0 Å². The molecule has 0 fully saturated rings. The number of carbonyl (C=O) groups is 1. The van der Waals surface area contributed by atoms with Crippen molar-refractivity contribution < 1.29 is 9.90 Å². The summed E-state index contributed by atoms with van der Waals surface area (Å²) in [6.07, 6.45) is 3.12. The summed E-state index contributed by atoms with van der Waals surface area (Å²) < 4.78 is 0. The Balaban J connectivity index is 2.75. The minimum atomic E-state index is -0.860. The first-order valence-electron chi connectivity index (χ1n) is 4.12. The average Bonchev–Trinajstić information content (AvgIpc) is 2.04. The van der Waals surface area contributed by atoms with Crippen molar-refractivity contribution in [2.45, 2.75) is 26.2 Å². The van der Waals surface area contributed by atoms with Crippen LogP contribution in [0.3, 0.4) is 0 Å². The Morgan fingerprint density at radius 3 is 2.38 bits per heavy atom. The van der Waals surface area contributed by atoms with Crippen molar-refractivity contribution in [3.05, 3.63) is 23.8 Å². The van der Waals surface area contributed by atoms with Crippen LogP contribution in [-0.2, 0) is 11.2 Å². The molecule has 1 heterocycles. The van der Waals surface area contributed by atoms with Crippen LogP contribution in [-0.4, -0.2) is 21.0 Å². The molecule has 0 unspecified atom stereocenters. The van der Waals surface area contributed by atoms with Crippen LogP contribution >= 0.6 is 0 Å². The second-order valence-electron chi connectivity index (χ2n) is 3.17. The fourth-order valence-corrected chi connectivity index (χ4v) is 0.929. The van der Waals surface area contributed by atoms with Crippen molar-refractivity contribution >= 4 is 5.97 Å². The van der Waals surface area contributed by atoms with Crippen molar-refractivity contribution in [2.24, 2.45) is 0 Å². The van der Waals surface area contributed by atoms with Crippen LogP contribution in [0.2, 0.25) is 0 Å². The van der Waals surface area contributed by atoms with Crippen LogP contribution in [0, 0.1) is 0 Å². The number of hydrogen-bond acceptors (Lipinski definition) is 3. The summed E-state index contributed by atoms with van der Waals surface area (Å²) in [5.74, 6) is 0.161. The number of nitrogens with zero attached hydrogens (tertiary/aromatic N) is 2. The lowest BCUT2D eigenvalue weighted by molar-refractivity contribution is -0.136. The molecule has 1 aromatic heterocycles. The molecule has 0 bridgehead atoms. The van der Waals surface area contributed by atoms with Crippen molar-refractivity contribution in [1.29, 1.82) is 0 Å². The van der Waals surface area contributed by atoms with Crippen LogP contribution in [0.5, 0.6) is 0 Å². The van der Waals surface area contributed by atoms with E-state index in [4.69, 9.17) is 5.11 Å². The zero-order chi connectivity index (χ0) is 9.84. The third kappa shape index (κ3) is 2.82. The van der Waals surface area contributed by atoms with Gasteiger partial charge in [0.05, 0.1) is 6.42 Å². The summed E-state index contributed by atoms with van der Waals surface area (Å²) in [7, 11) is 0. The first-order valence-corrected chi connectivity index (χ1v) is 4.12. The lowest BCUT2D eigenvalue weighted by Crippen LogP contribution is -2.03. The smallest absolute Gasteiger partial charge is 0.307 e. The minimum Gasteiger partial charge on any atom is -0.481 e. The van der Waals surface area contributed by atoms with E-state index in [1.807, 2.05) is 13.8 Å². The number of carboxylic acids is 1. The van der Waals surface area contributed by atoms with Crippen LogP contribution < -0.4 is 0 Å². The molecule has 13 heavy (non-hydrogen) atoms. The van der Waals surface area contributed by atoms with E-state index < -0.39 is 5.97 Å². The molecule has 4 nitrogen and oxygen atoms in total. The molecular formula is C9H12N2O2. The number of aromatic nitrogens is 2. The van der Waals surface area contributed by atoms with Gasteiger partial charge in [0.15, 0.2) is 0 Å². The van der Waals surface area contributed by atoms with Gasteiger partial charge in [-0.05, 0) is 5.56 Å². The lowest BCUT2D eigenvalue weighted by atomic mass is 10.2. The summed E-state index contributed by atoms with van der Waals surface area (Å²) in [4.78, 5) is 18.4. The molecule has 0 spiro atoms. The third-order valence-electron chi connectivity index (χ3n) is 1.60. The Labute approximate surface area is 76.7 Å². The Morgan fingerprint density at radius 2 is 2.00 bits per heavy atom. The fraction of sp³-hybridized carbons (Fsp3) is 0.444. The highest BCUT2D eigenvalue weighted by atomic mass is 16.4. The van der Waals surface area contributed by atoms with Crippen molar-refractivity contribution in [1.82, 2.24) is 9.97 Å². The molecule has 0 saturated heterocycles. The summed E-state index contributed by atoms with van der Waals surface area (Å²) in [6.45, 7) is 3.98. The third-order valence-corrected chi connectivity index (χ3v) is 1.60. The van der Waals surface area contributed by atoms with Gasteiger partial charge in [0.1, 0.15) is 5.82 Å². The minimum absolute atomic E-state index is 0.0155. The van der Waals surface area contributed by atoms with Crippen molar-refractivity contribution in [3.63, 3.8) is 0 Å². The normalized spacial score (nSPS) is 10.4. The molecule has 0 aliphatic heterocycles. The summed E-state index contributed by atoms with van der Waals surface area (Å²) in [5.41, 5.74) is 0.636. The van der Waals surface area contributed by atoms with E-state index in [9.17, 15) is 4.79 Å². The molecule has 0 amide bonds. The first-order chi connectivity index (χ1) is 6.09. The summed E-state index contributed by atoms with van der Waals surface area (Å²) in [5, 5.41) is 8.49. The van der Waals surface area contributed by atoms with E-state index >= 15 is 0 Å². The largest absolute Gasteiger partial charge is 0.481 e. The van der Waals surface area contributed by atoms with Gasteiger partial charge in [-0.1, -0.05) is 13.8 Å². The summed E-state index contributed by atoms with van der Waals surface area (Å²) >= 11 is 0. The van der Waals surface area contributed by atoms with E-state index in [0.717, 1.165) is 5.82 Å². The lowest BCUT2D eigenvalue weighted by Gasteiger charge is -2.02. The van der Waals surface area contributed by atoms with E-state index in [1.165, 1.54) is 0 Å². The van der Waals surface area contributed by atoms with Gasteiger partial charge in [-0.15, -0.1) is 0 Å². The number of aliphatic carboxylic acids is 1. The Bertz CT molecular complexity index is 293. The highest BCUT2D eigenvalue weighted by Crippen LogP contribution is 2.07. The molecule has 0 atom stereocenters. The van der Waals surface area contributed by atoms with Gasteiger partial charge in [-0.25, -0.2) is 9.97 Å². The molecular weight excluding hydrogens is 168 g/mol. The first kappa shape index (κ1) is 9.64. The molecule has 0 radical (unpaired) electrons. The SMILES string of the molecule is CC(C)c1ncc(CC(=O)O)cn1. The Morgan fingerprint density at radius 1 is 1.46 bits per heavy atom. The van der Waals surface area contributed by atoms with E-state index in [2.05, 4.69) is 9.97 Å². The standard InChI is InChI=1S/C9H12N2O2/c1-6(2)9-10-4-7(5-11-9)3-8(12)13/h4-6H,3H2,1-2H3,(H,12,13). The molecule has 1 aromatic rings. The molecule has 0 saturated carbocycles. The van der Waals surface area contributed by atoms with Gasteiger partial charge in [0, 0.05) is 18.3 Å². The molecule has 0 aliphatic carbocycles. The zero-order valence-electron chi connectivity index (χ0n) is 7.69. The zero-order valence-corrected chi connectivity index (χ0v) is 7.69. The predicted molar refractivity (Wildman–Crippen MR) is 47.5 cm³/mol. The van der Waals surface area contributed by atoms with Gasteiger partial charge in [0.25, 0.3) is 0 Å². The van der Waals surface area contributed by atoms with Gasteiger partial charge >= 0.3 is 5.97 Å². The number of carboxylic acid groups (broad SMARTS) is 1. The predicted octanol–water partition coefficient (Wildman–Crippen LogP) is 1.23. The molecule has 4 heteroatoms. The van der Waals surface area contributed by atoms with Gasteiger partial charge in [-0.2, -0.15) is 0 Å². The van der Waals surface area contributed by atoms with E-state index in [-0.39, 0.29) is 12.3 Å². The highest BCUT2D eigenvalue weighted by molar-refractivity contribution is 5.69. The molecule has 0 aliphatic rings. The Kier molecular flexibility index (Phi) is 2.95. The molecule has 1 N–H and O–H groups in total. The van der Waals surface area contributed by atoms with Crippen LogP contribution in [0.4, 0.5) is 0 Å². The highest BCUT2D eigenvalue weighted by Gasteiger charge is 2.04. The maximum atomic E-state index is 10.3. The van der Waals surface area contributed by atoms with E-state index in [1.54, 1.807) is 12.4 Å². The molecule has 1 rings (SSSR count). The summed E-state index contributed by atoms with van der Waals surface area (Å²) in [6, 6.07) is 0. The quantitative estimate of drug-likeness (QED) is 0.759. The van der Waals surface area contributed by atoms with Gasteiger partial charge < -0.3 is 5.11 Å². The van der Waals surface area contributed by atoms with Crippen LogP contribution in [0.15, 0.2) is 12.4 Å². The average molecular weight is 180 g/mol. The maximum Gasteiger partial charge on any atom is 0.307 e.